The van der Waals surface area contributed by atoms with E-state index in [4.69, 9.17) is 5.73 Å². The Morgan fingerprint density at radius 2 is 2.15 bits per heavy atom. The zero-order valence-corrected chi connectivity index (χ0v) is 15.0. The van der Waals surface area contributed by atoms with Gasteiger partial charge in [-0.25, -0.2) is 4.98 Å². The summed E-state index contributed by atoms with van der Waals surface area (Å²) in [5, 5.41) is 0.796. The number of carbonyl (C=O) groups is 1. The average molecular weight is 373 g/mol. The quantitative estimate of drug-likeness (QED) is 0.368. The number of rotatable bonds is 3. The molecule has 7 heteroatoms. The first-order valence-electron chi connectivity index (χ1n) is 8.38. The number of Topliss-reactive ketones (excluding diaryl/α,β-unsaturated/α-hetero) is 1. The zero-order valence-electron chi connectivity index (χ0n) is 14.1. The van der Waals surface area contributed by atoms with Crippen molar-refractivity contribution in [2.75, 3.05) is 5.73 Å². The summed E-state index contributed by atoms with van der Waals surface area (Å²) in [4.78, 5) is 20.7. The van der Waals surface area contributed by atoms with Crippen LogP contribution in [0.3, 0.4) is 0 Å². The molecule has 2 aromatic heterocycles. The van der Waals surface area contributed by atoms with Crippen molar-refractivity contribution in [2.24, 2.45) is 0 Å². The number of benzene rings is 1. The highest BCUT2D eigenvalue weighted by molar-refractivity contribution is 7.95. The highest BCUT2D eigenvalue weighted by atomic mass is 32.2. The molecule has 3 aromatic rings. The van der Waals surface area contributed by atoms with Crippen LogP contribution in [0.15, 0.2) is 78.5 Å². The molecular formula is C20H15N5OS. The summed E-state index contributed by atoms with van der Waals surface area (Å²) in [7, 11) is 0. The van der Waals surface area contributed by atoms with Gasteiger partial charge in [-0.15, -0.1) is 0 Å². The number of ketones is 1. The van der Waals surface area contributed by atoms with E-state index >= 15 is 0 Å². The number of nitrogens with one attached hydrogen (secondary N) is 2. The van der Waals surface area contributed by atoms with Crippen molar-refractivity contribution >= 4 is 34.6 Å². The fourth-order valence-corrected chi connectivity index (χ4v) is 3.82. The minimum atomic E-state index is -0.0403. The fraction of sp³-hybridized carbons (Fsp3) is 0. The van der Waals surface area contributed by atoms with Gasteiger partial charge in [0.15, 0.2) is 5.78 Å². The molecule has 27 heavy (non-hydrogen) atoms. The van der Waals surface area contributed by atoms with Crippen LogP contribution in [0.1, 0.15) is 10.4 Å². The summed E-state index contributed by atoms with van der Waals surface area (Å²) in [5.74, 6) is -0.0403. The minimum absolute atomic E-state index is 0.0403. The van der Waals surface area contributed by atoms with Crippen molar-refractivity contribution in [3.05, 3.63) is 84.1 Å². The van der Waals surface area contributed by atoms with Gasteiger partial charge >= 0.3 is 0 Å². The minimum Gasteiger partial charge on any atom is -0.399 e. The summed E-state index contributed by atoms with van der Waals surface area (Å²) in [6.45, 7) is 0. The Kier molecular flexibility index (Phi) is 3.54. The Labute approximate surface area is 159 Å². The second kappa shape index (κ2) is 6.07. The number of aromatic amines is 1. The van der Waals surface area contributed by atoms with Crippen molar-refractivity contribution in [1.29, 1.82) is 0 Å². The van der Waals surface area contributed by atoms with Gasteiger partial charge in [0.2, 0.25) is 0 Å². The number of anilines is 1. The number of carbonyl (C=O) groups excluding carboxylic acids is 1. The van der Waals surface area contributed by atoms with E-state index in [1.807, 2.05) is 59.2 Å². The van der Waals surface area contributed by atoms with Crippen LogP contribution in [0.5, 0.6) is 0 Å². The van der Waals surface area contributed by atoms with E-state index < -0.39 is 0 Å². The maximum Gasteiger partial charge on any atom is 0.195 e. The largest absolute Gasteiger partial charge is 0.399 e. The Balaban J connectivity index is 1.57. The van der Waals surface area contributed by atoms with Crippen LogP contribution in [0.25, 0.3) is 22.2 Å². The van der Waals surface area contributed by atoms with E-state index in [9.17, 15) is 4.79 Å². The van der Waals surface area contributed by atoms with E-state index in [-0.39, 0.29) is 5.78 Å². The van der Waals surface area contributed by atoms with Crippen LogP contribution in [0, 0.1) is 0 Å². The first-order chi connectivity index (χ1) is 13.2. The molecule has 5 rings (SSSR count). The van der Waals surface area contributed by atoms with Gasteiger partial charge in [0.1, 0.15) is 5.65 Å². The SMILES string of the molecule is Nc1cccc(-c2cnc3[nH]cc(C(=O)C4=CC5=CNSN5C=C4)c3c2)c1. The third kappa shape index (κ3) is 2.69. The summed E-state index contributed by atoms with van der Waals surface area (Å²) >= 11 is 1.46. The number of nitrogens with zero attached hydrogens (tertiary/aromatic N) is 2. The lowest BCUT2D eigenvalue weighted by Gasteiger charge is -2.16. The Bertz CT molecular complexity index is 1170. The van der Waals surface area contributed by atoms with E-state index in [1.54, 1.807) is 12.4 Å². The molecule has 0 aliphatic carbocycles. The van der Waals surface area contributed by atoms with Gasteiger partial charge in [-0.05, 0) is 35.9 Å². The van der Waals surface area contributed by atoms with Gasteiger partial charge in [-0.3, -0.25) is 9.10 Å². The second-order valence-electron chi connectivity index (χ2n) is 6.30. The number of hydrogen-bond acceptors (Lipinski definition) is 6. The molecule has 0 amide bonds. The molecule has 132 valence electrons. The molecule has 0 bridgehead atoms. The van der Waals surface area contributed by atoms with Gasteiger partial charge in [-0.1, -0.05) is 12.1 Å². The summed E-state index contributed by atoms with van der Waals surface area (Å²) in [5.41, 5.74) is 11.3. The van der Waals surface area contributed by atoms with Gasteiger partial charge in [0, 0.05) is 52.6 Å². The average Bonchev–Trinajstić information content (AvgIpc) is 3.33. The maximum absolute atomic E-state index is 13.1. The molecule has 0 saturated carbocycles. The van der Waals surface area contributed by atoms with E-state index in [0.717, 1.165) is 22.2 Å². The number of H-pyrrole nitrogens is 1. The first kappa shape index (κ1) is 15.8. The van der Waals surface area contributed by atoms with Gasteiger partial charge in [-0.2, -0.15) is 0 Å². The van der Waals surface area contributed by atoms with Crippen molar-refractivity contribution in [2.45, 2.75) is 0 Å². The third-order valence-electron chi connectivity index (χ3n) is 4.56. The van der Waals surface area contributed by atoms with Crippen molar-refractivity contribution in [3.8, 4) is 11.1 Å². The molecule has 6 nitrogen and oxygen atoms in total. The van der Waals surface area contributed by atoms with E-state index in [0.29, 0.717) is 22.5 Å². The Morgan fingerprint density at radius 1 is 1.22 bits per heavy atom. The molecule has 0 saturated heterocycles. The number of aromatic nitrogens is 2. The number of nitrogen functional groups attached to an aromatic ring is 1. The summed E-state index contributed by atoms with van der Waals surface area (Å²) in [6, 6.07) is 9.60. The van der Waals surface area contributed by atoms with Crippen LogP contribution in [0.4, 0.5) is 5.69 Å². The van der Waals surface area contributed by atoms with Gasteiger partial charge < -0.3 is 15.4 Å². The van der Waals surface area contributed by atoms with E-state index in [2.05, 4.69) is 14.7 Å². The molecule has 0 unspecified atom stereocenters. The molecule has 0 fully saturated rings. The molecule has 0 radical (unpaired) electrons. The predicted molar refractivity (Wildman–Crippen MR) is 108 cm³/mol. The standard InChI is InChI=1S/C20H15N5OS/c21-15-3-1-2-12(6-15)14-8-17-18(11-23-20(17)22-9-14)19(26)13-4-5-25-16(7-13)10-24-27-25/h1-11,24H,21H2,(H,22,23). The van der Waals surface area contributed by atoms with E-state index in [1.165, 1.54) is 12.1 Å². The van der Waals surface area contributed by atoms with Gasteiger partial charge in [0.25, 0.3) is 0 Å². The predicted octanol–water partition coefficient (Wildman–Crippen LogP) is 3.76. The number of hydrogen-bond donors (Lipinski definition) is 3. The third-order valence-corrected chi connectivity index (χ3v) is 5.32. The molecule has 0 atom stereocenters. The maximum atomic E-state index is 13.1. The number of pyridine rings is 1. The van der Waals surface area contributed by atoms with Crippen LogP contribution >= 0.6 is 12.1 Å². The topological polar surface area (TPSA) is 87.0 Å². The van der Waals surface area contributed by atoms with Crippen LogP contribution in [-0.4, -0.2) is 20.1 Å². The second-order valence-corrected chi connectivity index (χ2v) is 7.11. The smallest absolute Gasteiger partial charge is 0.195 e. The van der Waals surface area contributed by atoms with Crippen LogP contribution in [-0.2, 0) is 0 Å². The summed E-state index contributed by atoms with van der Waals surface area (Å²) in [6.07, 6.45) is 11.0. The number of allylic oxidation sites excluding steroid dienone is 3. The highest BCUT2D eigenvalue weighted by Gasteiger charge is 2.22. The molecular weight excluding hydrogens is 358 g/mol. The lowest BCUT2D eigenvalue weighted by Crippen LogP contribution is -2.10. The number of nitrogens with two attached hydrogens (primary N) is 1. The van der Waals surface area contributed by atoms with Crippen molar-refractivity contribution in [1.82, 2.24) is 19.0 Å². The van der Waals surface area contributed by atoms with Gasteiger partial charge in [0.05, 0.1) is 17.8 Å². The Morgan fingerprint density at radius 3 is 3.04 bits per heavy atom. The highest BCUT2D eigenvalue weighted by Crippen LogP contribution is 2.31. The molecule has 2 aliphatic rings. The summed E-state index contributed by atoms with van der Waals surface area (Å²) < 4.78 is 5.03. The normalized spacial score (nSPS) is 15.3. The molecule has 4 N–H and O–H groups in total. The molecule has 0 spiro atoms. The molecule has 1 aromatic carbocycles. The number of fused-ring (bicyclic) bond motifs is 2. The Hall–Kier alpha value is -3.45. The lowest BCUT2D eigenvalue weighted by molar-refractivity contribution is 0.103. The zero-order chi connectivity index (χ0) is 18.4. The van der Waals surface area contributed by atoms with Crippen molar-refractivity contribution in [3.63, 3.8) is 0 Å². The first-order valence-corrected chi connectivity index (χ1v) is 9.16. The molecule has 2 aliphatic heterocycles. The van der Waals surface area contributed by atoms with Crippen LogP contribution < -0.4 is 10.5 Å². The van der Waals surface area contributed by atoms with Crippen molar-refractivity contribution < 1.29 is 4.79 Å². The monoisotopic (exact) mass is 373 g/mol. The lowest BCUT2D eigenvalue weighted by atomic mass is 9.99. The van der Waals surface area contributed by atoms with Crippen LogP contribution in [0.2, 0.25) is 0 Å². The fourth-order valence-electron chi connectivity index (χ4n) is 3.20. The molecule has 4 heterocycles.